The maximum absolute atomic E-state index is 11.5. The van der Waals surface area contributed by atoms with Crippen molar-refractivity contribution < 1.29 is 9.53 Å². The molecule has 0 radical (unpaired) electrons. The molecule has 2 nitrogen and oxygen atoms in total. The number of ketones is 1. The summed E-state index contributed by atoms with van der Waals surface area (Å²) in [7, 11) is 1.73. The third kappa shape index (κ3) is 2.88. The van der Waals surface area contributed by atoms with Crippen LogP contribution in [0, 0.1) is 5.92 Å². The van der Waals surface area contributed by atoms with Crippen LogP contribution in [-0.4, -0.2) is 12.9 Å². The molecule has 2 unspecified atom stereocenters. The van der Waals surface area contributed by atoms with Gasteiger partial charge in [0.2, 0.25) is 0 Å². The van der Waals surface area contributed by atoms with Gasteiger partial charge in [-0.25, -0.2) is 0 Å². The number of ether oxygens (including phenoxy) is 1. The average Bonchev–Trinajstić information content (AvgIpc) is 2.41. The van der Waals surface area contributed by atoms with Gasteiger partial charge in [-0.05, 0) is 37.3 Å². The van der Waals surface area contributed by atoms with Crippen LogP contribution in [0.5, 0.6) is 0 Å². The maximum atomic E-state index is 11.5. The lowest BCUT2D eigenvalue weighted by Crippen LogP contribution is -2.18. The lowest BCUT2D eigenvalue weighted by molar-refractivity contribution is -0.121. The van der Waals surface area contributed by atoms with E-state index in [1.165, 1.54) is 5.57 Å². The fraction of sp³-hybridized carbons (Fsp3) is 0.438. The minimum absolute atomic E-state index is 0.00616. The normalized spacial score (nSPS) is 21.2. The van der Waals surface area contributed by atoms with Crippen molar-refractivity contribution in [3.05, 3.63) is 47.5 Å². The van der Waals surface area contributed by atoms with E-state index >= 15 is 0 Å². The standard InChI is InChI=1S/C16H20O2/c1-12(17)14-9-6-10-15(11-14)16(18-2)13-7-4-3-5-8-13/h3-5,7-8,10,14,16H,6,9,11H2,1-2H3. The molecule has 0 fully saturated rings. The second-order valence-corrected chi connectivity index (χ2v) is 4.89. The first kappa shape index (κ1) is 13.0. The molecule has 0 aliphatic heterocycles. The van der Waals surface area contributed by atoms with Crippen molar-refractivity contribution in [1.29, 1.82) is 0 Å². The number of allylic oxidation sites excluding steroid dienone is 1. The van der Waals surface area contributed by atoms with Crippen LogP contribution in [0.15, 0.2) is 42.0 Å². The molecule has 2 atom stereocenters. The van der Waals surface area contributed by atoms with Crippen molar-refractivity contribution in [2.45, 2.75) is 32.3 Å². The van der Waals surface area contributed by atoms with Gasteiger partial charge in [0.25, 0.3) is 0 Å². The highest BCUT2D eigenvalue weighted by Crippen LogP contribution is 2.35. The van der Waals surface area contributed by atoms with Crippen LogP contribution in [0.3, 0.4) is 0 Å². The molecule has 0 aromatic heterocycles. The van der Waals surface area contributed by atoms with E-state index in [9.17, 15) is 4.79 Å². The Kier molecular flexibility index (Phi) is 4.32. The van der Waals surface area contributed by atoms with Gasteiger partial charge in [-0.2, -0.15) is 0 Å². The highest BCUT2D eigenvalue weighted by Gasteiger charge is 2.25. The number of benzene rings is 1. The number of carbonyl (C=O) groups is 1. The Morgan fingerprint density at radius 1 is 1.33 bits per heavy atom. The molecule has 0 amide bonds. The molecule has 1 aliphatic rings. The van der Waals surface area contributed by atoms with Crippen LogP contribution in [0.4, 0.5) is 0 Å². The van der Waals surface area contributed by atoms with E-state index in [0.29, 0.717) is 5.78 Å². The van der Waals surface area contributed by atoms with Gasteiger partial charge in [-0.15, -0.1) is 0 Å². The molecule has 0 N–H and O–H groups in total. The molecule has 96 valence electrons. The highest BCUT2D eigenvalue weighted by atomic mass is 16.5. The molecule has 0 saturated carbocycles. The molecular formula is C16H20O2. The number of rotatable bonds is 4. The minimum Gasteiger partial charge on any atom is -0.372 e. The fourth-order valence-corrected chi connectivity index (χ4v) is 2.63. The molecular weight excluding hydrogens is 224 g/mol. The maximum Gasteiger partial charge on any atom is 0.133 e. The van der Waals surface area contributed by atoms with Crippen LogP contribution in [0.1, 0.15) is 37.9 Å². The van der Waals surface area contributed by atoms with E-state index in [0.717, 1.165) is 24.8 Å². The summed E-state index contributed by atoms with van der Waals surface area (Å²) in [5, 5.41) is 0. The van der Waals surface area contributed by atoms with Crippen molar-refractivity contribution in [1.82, 2.24) is 0 Å². The minimum atomic E-state index is -0.00616. The molecule has 0 heterocycles. The summed E-state index contributed by atoms with van der Waals surface area (Å²) < 4.78 is 5.62. The molecule has 2 rings (SSSR count). The van der Waals surface area contributed by atoms with Gasteiger partial charge < -0.3 is 4.74 Å². The van der Waals surface area contributed by atoms with Gasteiger partial charge in [0.05, 0.1) is 0 Å². The first-order chi connectivity index (χ1) is 8.72. The molecule has 1 aliphatic carbocycles. The Hall–Kier alpha value is -1.41. The quantitative estimate of drug-likeness (QED) is 0.755. The SMILES string of the molecule is COC(C1=CCCC(C(C)=O)C1)c1ccccc1. The Bertz CT molecular complexity index is 434. The zero-order chi connectivity index (χ0) is 13.0. The van der Waals surface area contributed by atoms with Gasteiger partial charge in [0, 0.05) is 13.0 Å². The van der Waals surface area contributed by atoms with Crippen molar-refractivity contribution in [3.63, 3.8) is 0 Å². The van der Waals surface area contributed by atoms with E-state index in [4.69, 9.17) is 4.74 Å². The summed E-state index contributed by atoms with van der Waals surface area (Å²) in [6.07, 6.45) is 5.02. The number of hydrogen-bond donors (Lipinski definition) is 0. The van der Waals surface area contributed by atoms with Crippen LogP contribution in [-0.2, 0) is 9.53 Å². The highest BCUT2D eigenvalue weighted by molar-refractivity contribution is 5.78. The van der Waals surface area contributed by atoms with E-state index < -0.39 is 0 Å². The molecule has 2 heteroatoms. The topological polar surface area (TPSA) is 26.3 Å². The summed E-state index contributed by atoms with van der Waals surface area (Å²) in [5.41, 5.74) is 2.41. The Morgan fingerprint density at radius 3 is 2.67 bits per heavy atom. The number of Topliss-reactive ketones (excluding diaryl/α,β-unsaturated/α-hetero) is 1. The second kappa shape index (κ2) is 5.96. The van der Waals surface area contributed by atoms with Crippen LogP contribution >= 0.6 is 0 Å². The lowest BCUT2D eigenvalue weighted by Gasteiger charge is -2.26. The van der Waals surface area contributed by atoms with Crippen molar-refractivity contribution in [3.8, 4) is 0 Å². The van der Waals surface area contributed by atoms with Crippen molar-refractivity contribution in [2.75, 3.05) is 7.11 Å². The van der Waals surface area contributed by atoms with Crippen molar-refractivity contribution >= 4 is 5.78 Å². The van der Waals surface area contributed by atoms with Crippen LogP contribution in [0.2, 0.25) is 0 Å². The zero-order valence-electron chi connectivity index (χ0n) is 11.1. The molecule has 0 saturated heterocycles. The zero-order valence-corrected chi connectivity index (χ0v) is 11.1. The van der Waals surface area contributed by atoms with Gasteiger partial charge >= 0.3 is 0 Å². The Labute approximate surface area is 109 Å². The molecule has 1 aromatic rings. The average molecular weight is 244 g/mol. The van der Waals surface area contributed by atoms with Crippen molar-refractivity contribution in [2.24, 2.45) is 5.92 Å². The molecule has 0 bridgehead atoms. The summed E-state index contributed by atoms with van der Waals surface area (Å²) in [6.45, 7) is 1.69. The summed E-state index contributed by atoms with van der Waals surface area (Å²) in [6, 6.07) is 10.2. The Morgan fingerprint density at radius 2 is 2.06 bits per heavy atom. The van der Waals surface area contributed by atoms with E-state index in [1.807, 2.05) is 18.2 Å². The van der Waals surface area contributed by atoms with Gasteiger partial charge in [0.1, 0.15) is 11.9 Å². The number of methoxy groups -OCH3 is 1. The molecule has 18 heavy (non-hydrogen) atoms. The smallest absolute Gasteiger partial charge is 0.133 e. The first-order valence-corrected chi connectivity index (χ1v) is 6.49. The van der Waals surface area contributed by atoms with Gasteiger partial charge in [-0.1, -0.05) is 36.4 Å². The van der Waals surface area contributed by atoms with Gasteiger partial charge in [0.15, 0.2) is 0 Å². The summed E-state index contributed by atoms with van der Waals surface area (Å²) in [4.78, 5) is 11.5. The number of carbonyl (C=O) groups excluding carboxylic acids is 1. The number of hydrogen-bond acceptors (Lipinski definition) is 2. The molecule has 1 aromatic carbocycles. The predicted molar refractivity (Wildman–Crippen MR) is 72.3 cm³/mol. The second-order valence-electron chi connectivity index (χ2n) is 4.89. The first-order valence-electron chi connectivity index (χ1n) is 6.49. The van der Waals surface area contributed by atoms with Crippen LogP contribution in [0.25, 0.3) is 0 Å². The summed E-state index contributed by atoms with van der Waals surface area (Å²) in [5.74, 6) is 0.467. The summed E-state index contributed by atoms with van der Waals surface area (Å²) >= 11 is 0. The van der Waals surface area contributed by atoms with E-state index in [1.54, 1.807) is 14.0 Å². The third-order valence-electron chi connectivity index (χ3n) is 3.65. The molecule has 0 spiro atoms. The predicted octanol–water partition coefficient (Wildman–Crippen LogP) is 3.69. The van der Waals surface area contributed by atoms with Gasteiger partial charge in [-0.3, -0.25) is 4.79 Å². The fourth-order valence-electron chi connectivity index (χ4n) is 2.63. The Balaban J connectivity index is 2.18. The van der Waals surface area contributed by atoms with E-state index in [2.05, 4.69) is 18.2 Å². The third-order valence-corrected chi connectivity index (χ3v) is 3.65. The largest absolute Gasteiger partial charge is 0.372 e. The van der Waals surface area contributed by atoms with Crippen LogP contribution < -0.4 is 0 Å². The monoisotopic (exact) mass is 244 g/mol. The van der Waals surface area contributed by atoms with E-state index in [-0.39, 0.29) is 12.0 Å². The lowest BCUT2D eigenvalue weighted by atomic mass is 9.83.